The van der Waals surface area contributed by atoms with E-state index in [2.05, 4.69) is 24.0 Å². The first-order chi connectivity index (χ1) is 7.30. The summed E-state index contributed by atoms with van der Waals surface area (Å²) in [5, 5.41) is 0. The van der Waals surface area contributed by atoms with E-state index in [-0.39, 0.29) is 5.54 Å². The maximum absolute atomic E-state index is 10.3. The maximum atomic E-state index is 10.3. The van der Waals surface area contributed by atoms with Crippen molar-refractivity contribution in [1.29, 1.82) is 0 Å². The van der Waals surface area contributed by atoms with E-state index in [0.717, 1.165) is 24.2 Å². The van der Waals surface area contributed by atoms with Gasteiger partial charge in [0, 0.05) is 4.90 Å². The molecule has 1 fully saturated rings. The summed E-state index contributed by atoms with van der Waals surface area (Å²) in [6.07, 6.45) is 3.64. The zero-order valence-corrected chi connectivity index (χ0v) is 9.51. The first-order valence-corrected chi connectivity index (χ1v) is 6.12. The molecule has 0 atom stereocenters. The smallest absolute Gasteiger partial charge is 0.211 e. The first-order valence-electron chi connectivity index (χ1n) is 5.13. The third-order valence-electron chi connectivity index (χ3n) is 2.67. The van der Waals surface area contributed by atoms with Crippen molar-refractivity contribution in [2.75, 3.05) is 5.75 Å². The van der Waals surface area contributed by atoms with E-state index in [1.165, 1.54) is 4.90 Å². The predicted octanol–water partition coefficient (Wildman–Crippen LogP) is 3.12. The summed E-state index contributed by atoms with van der Waals surface area (Å²) in [7, 11) is 0. The van der Waals surface area contributed by atoms with Crippen molar-refractivity contribution in [3.05, 3.63) is 29.8 Å². The minimum absolute atomic E-state index is 0.230. The number of nitrogens with zero attached hydrogens (tertiary/aromatic N) is 1. The molecule has 0 heterocycles. The Hall–Kier alpha value is -1.05. The van der Waals surface area contributed by atoms with Gasteiger partial charge in [-0.05, 0) is 36.3 Å². The maximum Gasteiger partial charge on any atom is 0.235 e. The first kappa shape index (κ1) is 10.5. The molecule has 0 radical (unpaired) electrons. The Morgan fingerprint density at radius 3 is 2.93 bits per heavy atom. The molecule has 0 amide bonds. The van der Waals surface area contributed by atoms with E-state index in [1.54, 1.807) is 6.08 Å². The van der Waals surface area contributed by atoms with Gasteiger partial charge < -0.3 is 0 Å². The Labute approximate surface area is 93.8 Å². The van der Waals surface area contributed by atoms with Gasteiger partial charge in [0.25, 0.3) is 0 Å². The minimum Gasteiger partial charge on any atom is -0.211 e. The highest BCUT2D eigenvalue weighted by atomic mass is 32.2. The molecular formula is C12H13NOS. The normalized spacial score (nSPS) is 16.9. The number of rotatable bonds is 4. The average Bonchev–Trinajstić information content (AvgIpc) is 3.01. The van der Waals surface area contributed by atoms with Crippen LogP contribution in [-0.2, 0) is 10.3 Å². The fourth-order valence-corrected chi connectivity index (χ4v) is 2.43. The van der Waals surface area contributed by atoms with Crippen LogP contribution in [0, 0.1) is 0 Å². The standard InChI is InChI=1S/C12H13NOS/c1-2-15-11-5-3-4-10(8-11)12(6-7-12)13-9-14/h3-5,8H,2,6-7H2,1H3. The molecule has 1 aromatic carbocycles. The van der Waals surface area contributed by atoms with Crippen LogP contribution < -0.4 is 0 Å². The number of hydrogen-bond donors (Lipinski definition) is 0. The van der Waals surface area contributed by atoms with Crippen LogP contribution in [0.15, 0.2) is 34.2 Å². The Morgan fingerprint density at radius 1 is 1.53 bits per heavy atom. The van der Waals surface area contributed by atoms with Crippen LogP contribution in [0.3, 0.4) is 0 Å². The summed E-state index contributed by atoms with van der Waals surface area (Å²) >= 11 is 1.81. The van der Waals surface area contributed by atoms with Gasteiger partial charge in [-0.1, -0.05) is 19.1 Å². The summed E-state index contributed by atoms with van der Waals surface area (Å²) in [5.41, 5.74) is 0.927. The molecule has 0 saturated heterocycles. The van der Waals surface area contributed by atoms with Crippen molar-refractivity contribution >= 4 is 17.8 Å². The third-order valence-corrected chi connectivity index (χ3v) is 3.54. The molecule has 3 heteroatoms. The molecule has 1 aliphatic rings. The molecule has 2 rings (SSSR count). The zero-order valence-electron chi connectivity index (χ0n) is 8.69. The van der Waals surface area contributed by atoms with Gasteiger partial charge in [-0.25, -0.2) is 4.79 Å². The van der Waals surface area contributed by atoms with Crippen LogP contribution in [0.5, 0.6) is 0 Å². The molecule has 1 saturated carbocycles. The van der Waals surface area contributed by atoms with Crippen LogP contribution >= 0.6 is 11.8 Å². The number of thioether (sulfide) groups is 1. The summed E-state index contributed by atoms with van der Waals surface area (Å²) in [6.45, 7) is 2.13. The van der Waals surface area contributed by atoms with Gasteiger partial charge in [0.2, 0.25) is 6.08 Å². The van der Waals surface area contributed by atoms with Gasteiger partial charge in [-0.15, -0.1) is 11.8 Å². The van der Waals surface area contributed by atoms with Crippen molar-refractivity contribution < 1.29 is 4.79 Å². The Morgan fingerprint density at radius 2 is 2.33 bits per heavy atom. The van der Waals surface area contributed by atoms with Gasteiger partial charge in [0.15, 0.2) is 0 Å². The lowest BCUT2D eigenvalue weighted by Gasteiger charge is -2.09. The topological polar surface area (TPSA) is 29.4 Å². The number of carbonyl (C=O) groups excluding carboxylic acids is 1. The fraction of sp³-hybridized carbons (Fsp3) is 0.417. The zero-order chi connectivity index (χ0) is 10.7. The molecule has 0 N–H and O–H groups in total. The fourth-order valence-electron chi connectivity index (χ4n) is 1.71. The Balaban J connectivity index is 2.28. The van der Waals surface area contributed by atoms with E-state index in [9.17, 15) is 4.79 Å². The van der Waals surface area contributed by atoms with Crippen LogP contribution in [0.1, 0.15) is 25.3 Å². The van der Waals surface area contributed by atoms with Crippen molar-refractivity contribution in [2.45, 2.75) is 30.2 Å². The van der Waals surface area contributed by atoms with Gasteiger partial charge in [0.05, 0.1) is 5.54 Å². The molecule has 2 nitrogen and oxygen atoms in total. The van der Waals surface area contributed by atoms with Crippen molar-refractivity contribution in [3.63, 3.8) is 0 Å². The molecule has 15 heavy (non-hydrogen) atoms. The SMILES string of the molecule is CCSc1cccc(C2(N=C=O)CC2)c1. The van der Waals surface area contributed by atoms with E-state index in [1.807, 2.05) is 23.9 Å². The molecule has 0 aliphatic heterocycles. The van der Waals surface area contributed by atoms with Crippen molar-refractivity contribution in [2.24, 2.45) is 4.99 Å². The van der Waals surface area contributed by atoms with Crippen molar-refractivity contribution in [3.8, 4) is 0 Å². The second kappa shape index (κ2) is 4.21. The number of benzene rings is 1. The molecule has 78 valence electrons. The second-order valence-corrected chi connectivity index (χ2v) is 5.03. The van der Waals surface area contributed by atoms with Crippen LogP contribution in [-0.4, -0.2) is 11.8 Å². The monoisotopic (exact) mass is 219 g/mol. The minimum atomic E-state index is -0.230. The van der Waals surface area contributed by atoms with Crippen LogP contribution in [0.25, 0.3) is 0 Å². The lowest BCUT2D eigenvalue weighted by atomic mass is 10.1. The van der Waals surface area contributed by atoms with Crippen LogP contribution in [0.2, 0.25) is 0 Å². The molecule has 0 spiro atoms. The summed E-state index contributed by atoms with van der Waals surface area (Å²) < 4.78 is 0. The van der Waals surface area contributed by atoms with E-state index in [0.29, 0.717) is 0 Å². The van der Waals surface area contributed by atoms with E-state index < -0.39 is 0 Å². The highest BCUT2D eigenvalue weighted by molar-refractivity contribution is 7.99. The average molecular weight is 219 g/mol. The molecule has 0 bridgehead atoms. The Kier molecular flexibility index (Phi) is 2.94. The largest absolute Gasteiger partial charge is 0.235 e. The molecule has 1 aromatic rings. The van der Waals surface area contributed by atoms with Gasteiger partial charge in [0.1, 0.15) is 0 Å². The number of hydrogen-bond acceptors (Lipinski definition) is 3. The lowest BCUT2D eigenvalue weighted by Crippen LogP contribution is -2.01. The molecular weight excluding hydrogens is 206 g/mol. The summed E-state index contributed by atoms with van der Waals surface area (Å²) in [5.74, 6) is 1.06. The second-order valence-electron chi connectivity index (χ2n) is 3.70. The van der Waals surface area contributed by atoms with E-state index >= 15 is 0 Å². The molecule has 1 aliphatic carbocycles. The van der Waals surface area contributed by atoms with E-state index in [4.69, 9.17) is 0 Å². The van der Waals surface area contributed by atoms with Gasteiger partial charge >= 0.3 is 0 Å². The lowest BCUT2D eigenvalue weighted by molar-refractivity contribution is 0.556. The third kappa shape index (κ3) is 2.14. The van der Waals surface area contributed by atoms with Crippen molar-refractivity contribution in [1.82, 2.24) is 0 Å². The van der Waals surface area contributed by atoms with Gasteiger partial charge in [-0.2, -0.15) is 4.99 Å². The number of aliphatic imine (C=N–C) groups is 1. The highest BCUT2D eigenvalue weighted by Gasteiger charge is 2.44. The van der Waals surface area contributed by atoms with Crippen LogP contribution in [0.4, 0.5) is 0 Å². The number of isocyanates is 1. The Bertz CT molecular complexity index is 406. The molecule has 0 aromatic heterocycles. The van der Waals surface area contributed by atoms with Gasteiger partial charge in [-0.3, -0.25) is 0 Å². The predicted molar refractivity (Wildman–Crippen MR) is 61.9 cm³/mol. The summed E-state index contributed by atoms with van der Waals surface area (Å²) in [6, 6.07) is 8.32. The molecule has 0 unspecified atom stereocenters. The highest BCUT2D eigenvalue weighted by Crippen LogP contribution is 2.49. The quantitative estimate of drug-likeness (QED) is 0.442. The summed E-state index contributed by atoms with van der Waals surface area (Å²) in [4.78, 5) is 15.5.